The third kappa shape index (κ3) is 5.08. The van der Waals surface area contributed by atoms with Crippen LogP contribution in [0.4, 0.5) is 5.95 Å². The second-order valence-electron chi connectivity index (χ2n) is 8.37. The Bertz CT molecular complexity index is 1440. The predicted octanol–water partition coefficient (Wildman–Crippen LogP) is 5.77. The minimum atomic E-state index is -0.479. The van der Waals surface area contributed by atoms with Gasteiger partial charge in [0.25, 0.3) is 5.91 Å². The van der Waals surface area contributed by atoms with Gasteiger partial charge in [0, 0.05) is 12.2 Å². The van der Waals surface area contributed by atoms with E-state index in [1.165, 1.54) is 6.33 Å². The summed E-state index contributed by atoms with van der Waals surface area (Å²) in [6, 6.07) is 22.3. The molecule has 1 aliphatic heterocycles. The summed E-state index contributed by atoms with van der Waals surface area (Å²) < 4.78 is 7.75. The molecule has 0 radical (unpaired) electrons. The lowest BCUT2D eigenvalue weighted by atomic mass is 9.95. The molecule has 0 saturated carbocycles. The van der Waals surface area contributed by atoms with Gasteiger partial charge in [-0.25, -0.2) is 4.68 Å². The molecule has 1 atom stereocenters. The van der Waals surface area contributed by atoms with Crippen molar-refractivity contribution in [3.05, 3.63) is 117 Å². The summed E-state index contributed by atoms with van der Waals surface area (Å²) in [5.41, 5.74) is 4.04. The van der Waals surface area contributed by atoms with Crippen molar-refractivity contribution in [3.8, 4) is 5.75 Å². The van der Waals surface area contributed by atoms with Gasteiger partial charge >= 0.3 is 0 Å². The second-order valence-corrected chi connectivity index (χ2v) is 9.19. The van der Waals surface area contributed by atoms with Crippen LogP contribution in [0.15, 0.2) is 90.4 Å². The molecule has 0 bridgehead atoms. The number of halogens is 2. The highest BCUT2D eigenvalue weighted by Crippen LogP contribution is 2.36. The Morgan fingerprint density at radius 1 is 1.03 bits per heavy atom. The molecule has 9 heteroatoms. The van der Waals surface area contributed by atoms with Crippen LogP contribution in [-0.2, 0) is 17.9 Å². The molecule has 0 saturated heterocycles. The third-order valence-electron chi connectivity index (χ3n) is 5.90. The number of benzene rings is 3. The molecule has 1 aliphatic rings. The zero-order chi connectivity index (χ0) is 25.1. The van der Waals surface area contributed by atoms with E-state index in [9.17, 15) is 4.79 Å². The van der Waals surface area contributed by atoms with Gasteiger partial charge in [0.2, 0.25) is 5.95 Å². The molecule has 0 spiro atoms. The highest BCUT2D eigenvalue weighted by Gasteiger charge is 2.33. The van der Waals surface area contributed by atoms with Crippen molar-refractivity contribution < 1.29 is 9.53 Å². The molecule has 1 aromatic heterocycles. The van der Waals surface area contributed by atoms with Crippen LogP contribution < -0.4 is 15.4 Å². The van der Waals surface area contributed by atoms with E-state index in [1.54, 1.807) is 16.8 Å². The minimum Gasteiger partial charge on any atom is -0.489 e. The zero-order valence-electron chi connectivity index (χ0n) is 19.4. The van der Waals surface area contributed by atoms with Gasteiger partial charge in [0.05, 0.1) is 15.6 Å². The van der Waals surface area contributed by atoms with Gasteiger partial charge in [0.15, 0.2) is 0 Å². The van der Waals surface area contributed by atoms with E-state index in [-0.39, 0.29) is 5.91 Å². The van der Waals surface area contributed by atoms with E-state index >= 15 is 0 Å². The molecule has 0 fully saturated rings. The maximum Gasteiger partial charge on any atom is 0.251 e. The molecule has 5 rings (SSSR count). The Labute approximate surface area is 218 Å². The van der Waals surface area contributed by atoms with Gasteiger partial charge in [-0.3, -0.25) is 4.79 Å². The van der Waals surface area contributed by atoms with Crippen LogP contribution in [0.5, 0.6) is 5.75 Å². The molecule has 7 nitrogen and oxygen atoms in total. The van der Waals surface area contributed by atoms with Crippen LogP contribution >= 0.6 is 23.2 Å². The number of anilines is 1. The van der Waals surface area contributed by atoms with E-state index in [2.05, 4.69) is 20.7 Å². The largest absolute Gasteiger partial charge is 0.489 e. The van der Waals surface area contributed by atoms with Crippen molar-refractivity contribution in [2.45, 2.75) is 26.1 Å². The first-order valence-electron chi connectivity index (χ1n) is 11.4. The first kappa shape index (κ1) is 23.9. The number of amides is 1. The van der Waals surface area contributed by atoms with Crippen LogP contribution in [0.2, 0.25) is 10.0 Å². The number of ether oxygens (including phenoxy) is 1. The number of hydrogen-bond acceptors (Lipinski definition) is 5. The lowest BCUT2D eigenvalue weighted by Gasteiger charge is -2.29. The SMILES string of the molecule is CC1=C(C(=O)NCc2ccccc2)[C@@H](c2cccc(OCc3ccc(Cl)c(Cl)c3)c2)n2ncnc2N1. The van der Waals surface area contributed by atoms with Crippen molar-refractivity contribution in [2.75, 3.05) is 5.32 Å². The molecule has 3 aromatic carbocycles. The summed E-state index contributed by atoms with van der Waals surface area (Å²) in [5.74, 6) is 1.04. The van der Waals surface area contributed by atoms with Crippen LogP contribution in [0.3, 0.4) is 0 Å². The lowest BCUT2D eigenvalue weighted by molar-refractivity contribution is -0.118. The monoisotopic (exact) mass is 519 g/mol. The number of carbonyl (C=O) groups is 1. The number of fused-ring (bicyclic) bond motifs is 1. The molecule has 2 heterocycles. The number of carbonyl (C=O) groups excluding carboxylic acids is 1. The summed E-state index contributed by atoms with van der Waals surface area (Å²) in [4.78, 5) is 17.7. The lowest BCUT2D eigenvalue weighted by Crippen LogP contribution is -2.34. The topological polar surface area (TPSA) is 81.1 Å². The van der Waals surface area contributed by atoms with E-state index in [1.807, 2.05) is 67.6 Å². The van der Waals surface area contributed by atoms with Crippen LogP contribution in [0, 0.1) is 0 Å². The third-order valence-corrected chi connectivity index (χ3v) is 6.64. The minimum absolute atomic E-state index is 0.183. The molecule has 36 heavy (non-hydrogen) atoms. The molecule has 1 amide bonds. The van der Waals surface area contributed by atoms with Crippen molar-refractivity contribution in [2.24, 2.45) is 0 Å². The normalized spacial score (nSPS) is 14.7. The Kier molecular flexibility index (Phi) is 6.93. The zero-order valence-corrected chi connectivity index (χ0v) is 20.9. The molecule has 0 unspecified atom stereocenters. The first-order valence-corrected chi connectivity index (χ1v) is 12.1. The van der Waals surface area contributed by atoms with Gasteiger partial charge < -0.3 is 15.4 Å². The number of allylic oxidation sites excluding steroid dienone is 1. The molecule has 182 valence electrons. The van der Waals surface area contributed by atoms with Gasteiger partial charge in [0.1, 0.15) is 24.7 Å². The van der Waals surface area contributed by atoms with E-state index < -0.39 is 6.04 Å². The fourth-order valence-corrected chi connectivity index (χ4v) is 4.46. The van der Waals surface area contributed by atoms with Crippen molar-refractivity contribution in [3.63, 3.8) is 0 Å². The standard InChI is InChI=1S/C27H23Cl2N5O2/c1-17-24(26(35)30-14-18-6-3-2-4-7-18)25(34-27(33-17)31-16-32-34)20-8-5-9-21(13-20)36-15-19-10-11-22(28)23(29)12-19/h2-13,16,25H,14-15H2,1H3,(H,30,35)(H,31,32,33)/t25-/m1/s1. The van der Waals surface area contributed by atoms with Gasteiger partial charge in [-0.15, -0.1) is 0 Å². The van der Waals surface area contributed by atoms with Crippen molar-refractivity contribution in [1.82, 2.24) is 20.1 Å². The van der Waals surface area contributed by atoms with Gasteiger partial charge in [-0.05, 0) is 47.9 Å². The van der Waals surface area contributed by atoms with Gasteiger partial charge in [-0.2, -0.15) is 10.1 Å². The van der Waals surface area contributed by atoms with E-state index in [4.69, 9.17) is 27.9 Å². The number of nitrogens with zero attached hydrogens (tertiary/aromatic N) is 3. The average Bonchev–Trinajstić information content (AvgIpc) is 3.36. The summed E-state index contributed by atoms with van der Waals surface area (Å²) in [6.07, 6.45) is 1.47. The Morgan fingerprint density at radius 2 is 1.86 bits per heavy atom. The quantitative estimate of drug-likeness (QED) is 0.324. The first-order chi connectivity index (χ1) is 17.5. The maximum absolute atomic E-state index is 13.4. The fourth-order valence-electron chi connectivity index (χ4n) is 4.14. The summed E-state index contributed by atoms with van der Waals surface area (Å²) in [7, 11) is 0. The smallest absolute Gasteiger partial charge is 0.251 e. The average molecular weight is 520 g/mol. The van der Waals surface area contributed by atoms with Gasteiger partial charge in [-0.1, -0.05) is 71.7 Å². The Hall–Kier alpha value is -3.81. The predicted molar refractivity (Wildman–Crippen MR) is 140 cm³/mol. The molecule has 0 aliphatic carbocycles. The molecular formula is C27H23Cl2N5O2. The molecule has 4 aromatic rings. The van der Waals surface area contributed by atoms with Crippen LogP contribution in [-0.4, -0.2) is 20.7 Å². The summed E-state index contributed by atoms with van der Waals surface area (Å²) >= 11 is 12.1. The Balaban J connectivity index is 1.41. The van der Waals surface area contributed by atoms with E-state index in [0.29, 0.717) is 46.2 Å². The van der Waals surface area contributed by atoms with Crippen LogP contribution in [0.1, 0.15) is 29.7 Å². The number of aromatic nitrogens is 3. The molecule has 2 N–H and O–H groups in total. The second kappa shape index (κ2) is 10.4. The maximum atomic E-state index is 13.4. The Morgan fingerprint density at radius 3 is 2.67 bits per heavy atom. The fraction of sp³-hybridized carbons (Fsp3) is 0.148. The van der Waals surface area contributed by atoms with Crippen LogP contribution in [0.25, 0.3) is 0 Å². The van der Waals surface area contributed by atoms with Crippen molar-refractivity contribution in [1.29, 1.82) is 0 Å². The van der Waals surface area contributed by atoms with E-state index in [0.717, 1.165) is 16.7 Å². The molecular weight excluding hydrogens is 497 g/mol. The summed E-state index contributed by atoms with van der Waals surface area (Å²) in [5, 5.41) is 11.6. The number of rotatable bonds is 7. The summed E-state index contributed by atoms with van der Waals surface area (Å²) in [6.45, 7) is 2.61. The highest BCUT2D eigenvalue weighted by molar-refractivity contribution is 6.42. The number of nitrogens with one attached hydrogen (secondary N) is 2. The van der Waals surface area contributed by atoms with Crippen molar-refractivity contribution >= 4 is 35.1 Å². The number of hydrogen-bond donors (Lipinski definition) is 2. The highest BCUT2D eigenvalue weighted by atomic mass is 35.5.